The zero-order chi connectivity index (χ0) is 38.6. The summed E-state index contributed by atoms with van der Waals surface area (Å²) in [5.41, 5.74) is 11.9. The first-order chi connectivity index (χ1) is 27.3. The van der Waals surface area contributed by atoms with Crippen molar-refractivity contribution in [2.75, 3.05) is 19.7 Å². The predicted molar refractivity (Wildman–Crippen MR) is 221 cm³/mol. The molecule has 8 rings (SSSR count). The molecule has 4 heterocycles. The van der Waals surface area contributed by atoms with Gasteiger partial charge in [0.1, 0.15) is 12.4 Å². The van der Waals surface area contributed by atoms with Crippen LogP contribution in [0.2, 0.25) is 0 Å². The van der Waals surface area contributed by atoms with E-state index < -0.39 is 6.10 Å². The second kappa shape index (κ2) is 16.9. The number of aryl methyl sites for hydroxylation is 1. The summed E-state index contributed by atoms with van der Waals surface area (Å²) in [5.74, 6) is 1.34. The number of aromatic nitrogens is 1. The normalized spacial score (nSPS) is 23.1. The molecule has 0 spiro atoms. The molecule has 9 heteroatoms. The number of dihydropyridines is 1. The van der Waals surface area contributed by atoms with E-state index in [1.54, 1.807) is 6.07 Å². The number of ether oxygens (including phenoxy) is 2. The molecule has 3 aliphatic heterocycles. The van der Waals surface area contributed by atoms with Crippen molar-refractivity contribution in [2.45, 2.75) is 115 Å². The number of benzene rings is 3. The van der Waals surface area contributed by atoms with Gasteiger partial charge in [0.25, 0.3) is 0 Å². The maximum atomic E-state index is 13.5. The summed E-state index contributed by atoms with van der Waals surface area (Å²) in [6.45, 7) is 4.54. The lowest BCUT2D eigenvalue weighted by Gasteiger charge is -2.32. The van der Waals surface area contributed by atoms with Gasteiger partial charge < -0.3 is 40.2 Å². The van der Waals surface area contributed by atoms with Crippen molar-refractivity contribution >= 4 is 22.5 Å². The average Bonchev–Trinajstić information content (AvgIpc) is 3.85. The van der Waals surface area contributed by atoms with E-state index in [9.17, 15) is 15.0 Å². The first-order valence-corrected chi connectivity index (χ1v) is 20.9. The number of nitrogens with zero attached hydrogens (tertiary/aromatic N) is 2. The number of hydrogen-bond donors (Lipinski definition) is 4. The van der Waals surface area contributed by atoms with Gasteiger partial charge in [-0.05, 0) is 103 Å². The highest BCUT2D eigenvalue weighted by Crippen LogP contribution is 2.45. The van der Waals surface area contributed by atoms with E-state index in [-0.39, 0.29) is 36.5 Å². The summed E-state index contributed by atoms with van der Waals surface area (Å²) in [6, 6.07) is 20.1. The molecule has 296 valence electrons. The molecule has 3 aromatic carbocycles. The number of fused-ring (bicyclic) bond motifs is 4. The predicted octanol–water partition coefficient (Wildman–Crippen LogP) is 8.13. The van der Waals surface area contributed by atoms with Crippen LogP contribution >= 0.6 is 0 Å². The number of aromatic hydroxyl groups is 1. The molecular formula is C47H58N4O5. The SMILES string of the molecule is CCC1(CCC2CC(O)CCc3ccc(O)c(c3)OCc3cc(C(CC(=O)N4CCC4)c4ccccc4)cc4cn(cc34)C3=C(C=CC(N)N3)CO2)CCCC1. The Morgan fingerprint density at radius 1 is 1.02 bits per heavy atom. The molecule has 4 aromatic rings. The number of nitrogens with two attached hydrogens (primary N) is 1. The number of phenolic OH excluding ortho intramolecular Hbond substituents is 1. The molecule has 1 aliphatic carbocycles. The molecule has 1 aromatic heterocycles. The molecule has 9 nitrogen and oxygen atoms in total. The molecule has 4 unspecified atom stereocenters. The standard InChI is InChI=1S/C47H58N4O5/c1-2-47(18-6-7-19-47)20-17-39-26-38(52)14-11-32-12-15-42(53)43(23-32)56-31-37-25-35(40(33-9-4-3-5-10-33)27-45(54)50-21-8-22-50)24-36-28-51(29-41(36)37)46-34(30-55-39)13-16-44(48)49-46/h3-5,9-10,12-13,15-16,23-25,28-29,38-40,44,49,52-53H,2,6-8,11,14,17-22,26-27,30-31,48H2,1H3. The lowest BCUT2D eigenvalue weighted by Crippen LogP contribution is -2.42. The Morgan fingerprint density at radius 2 is 1.84 bits per heavy atom. The van der Waals surface area contributed by atoms with Gasteiger partial charge in [-0.2, -0.15) is 0 Å². The Balaban J connectivity index is 1.20. The van der Waals surface area contributed by atoms with Crippen molar-refractivity contribution in [3.05, 3.63) is 113 Å². The molecule has 4 atom stereocenters. The van der Waals surface area contributed by atoms with Crippen LogP contribution in [0.3, 0.4) is 0 Å². The lowest BCUT2D eigenvalue weighted by atomic mass is 9.78. The molecule has 4 bridgehead atoms. The summed E-state index contributed by atoms with van der Waals surface area (Å²) in [6.07, 6.45) is 18.8. The van der Waals surface area contributed by atoms with E-state index in [1.807, 2.05) is 41.3 Å². The average molecular weight is 759 g/mol. The van der Waals surface area contributed by atoms with Gasteiger partial charge in [-0.3, -0.25) is 4.79 Å². The number of aliphatic hydroxyl groups excluding tert-OH is 1. The molecule has 2 fully saturated rings. The second-order valence-electron chi connectivity index (χ2n) is 16.7. The summed E-state index contributed by atoms with van der Waals surface area (Å²) in [5, 5.41) is 27.9. The van der Waals surface area contributed by atoms with Crippen molar-refractivity contribution in [3.8, 4) is 11.5 Å². The second-order valence-corrected chi connectivity index (χ2v) is 16.7. The Hall–Kier alpha value is -4.57. The molecule has 4 aliphatic rings. The van der Waals surface area contributed by atoms with Crippen LogP contribution in [0.5, 0.6) is 11.5 Å². The fourth-order valence-electron chi connectivity index (χ4n) is 9.33. The summed E-state index contributed by atoms with van der Waals surface area (Å²) < 4.78 is 15.4. The van der Waals surface area contributed by atoms with E-state index in [0.29, 0.717) is 43.5 Å². The minimum atomic E-state index is -0.534. The van der Waals surface area contributed by atoms with Crippen LogP contribution in [0.4, 0.5) is 0 Å². The quantitative estimate of drug-likeness (QED) is 0.143. The molecule has 1 amide bonds. The molecular weight excluding hydrogens is 701 g/mol. The summed E-state index contributed by atoms with van der Waals surface area (Å²) >= 11 is 0. The monoisotopic (exact) mass is 758 g/mol. The van der Waals surface area contributed by atoms with Gasteiger partial charge in [-0.15, -0.1) is 0 Å². The third-order valence-corrected chi connectivity index (χ3v) is 13.0. The van der Waals surface area contributed by atoms with Gasteiger partial charge in [-0.25, -0.2) is 0 Å². The Bertz CT molecular complexity index is 2060. The number of likely N-dealkylation sites (tertiary alicyclic amines) is 1. The van der Waals surface area contributed by atoms with Gasteiger partial charge in [-0.1, -0.05) is 74.7 Å². The third-order valence-electron chi connectivity index (χ3n) is 13.0. The lowest BCUT2D eigenvalue weighted by molar-refractivity contribution is -0.134. The van der Waals surface area contributed by atoms with E-state index in [0.717, 1.165) is 76.8 Å². The maximum Gasteiger partial charge on any atom is 0.223 e. The van der Waals surface area contributed by atoms with Crippen LogP contribution in [0.15, 0.2) is 90.8 Å². The van der Waals surface area contributed by atoms with Crippen LogP contribution in [0.25, 0.3) is 16.6 Å². The third kappa shape index (κ3) is 8.55. The summed E-state index contributed by atoms with van der Waals surface area (Å²) in [4.78, 5) is 15.5. The van der Waals surface area contributed by atoms with E-state index in [1.165, 1.54) is 32.1 Å². The minimum Gasteiger partial charge on any atom is -0.504 e. The Morgan fingerprint density at radius 3 is 2.61 bits per heavy atom. The van der Waals surface area contributed by atoms with Gasteiger partial charge >= 0.3 is 0 Å². The number of nitrogens with one attached hydrogen (secondary N) is 1. The van der Waals surface area contributed by atoms with E-state index in [2.05, 4.69) is 59.5 Å². The number of phenols is 1. The van der Waals surface area contributed by atoms with Crippen LogP contribution in [-0.4, -0.2) is 63.7 Å². The largest absolute Gasteiger partial charge is 0.504 e. The zero-order valence-electron chi connectivity index (χ0n) is 32.8. The molecule has 56 heavy (non-hydrogen) atoms. The van der Waals surface area contributed by atoms with Gasteiger partial charge in [0.05, 0.1) is 25.0 Å². The zero-order valence-corrected chi connectivity index (χ0v) is 32.8. The van der Waals surface area contributed by atoms with E-state index >= 15 is 0 Å². The van der Waals surface area contributed by atoms with Crippen molar-refractivity contribution in [2.24, 2.45) is 11.1 Å². The highest BCUT2D eigenvalue weighted by atomic mass is 16.5. The smallest absolute Gasteiger partial charge is 0.223 e. The number of hydrogen-bond acceptors (Lipinski definition) is 7. The summed E-state index contributed by atoms with van der Waals surface area (Å²) in [7, 11) is 0. The number of rotatable bonds is 8. The van der Waals surface area contributed by atoms with Crippen LogP contribution in [0.1, 0.15) is 106 Å². The fraction of sp³-hybridized carbons (Fsp3) is 0.468. The Kier molecular flexibility index (Phi) is 11.6. The van der Waals surface area contributed by atoms with Gasteiger partial charge in [0.2, 0.25) is 5.91 Å². The molecule has 5 N–H and O–H groups in total. The first-order valence-electron chi connectivity index (χ1n) is 20.9. The first kappa shape index (κ1) is 38.3. The van der Waals surface area contributed by atoms with Gasteiger partial charge in [0, 0.05) is 54.2 Å². The van der Waals surface area contributed by atoms with Crippen molar-refractivity contribution < 1.29 is 24.5 Å². The fourth-order valence-corrected chi connectivity index (χ4v) is 9.33. The number of carbonyl (C=O) groups is 1. The highest BCUT2D eigenvalue weighted by molar-refractivity contribution is 5.88. The van der Waals surface area contributed by atoms with Crippen LogP contribution in [-0.2, 0) is 22.6 Å². The highest BCUT2D eigenvalue weighted by Gasteiger charge is 2.33. The van der Waals surface area contributed by atoms with Crippen LogP contribution in [0, 0.1) is 5.41 Å². The van der Waals surface area contributed by atoms with Gasteiger partial charge in [0.15, 0.2) is 11.5 Å². The van der Waals surface area contributed by atoms with Crippen molar-refractivity contribution in [3.63, 3.8) is 0 Å². The van der Waals surface area contributed by atoms with Crippen molar-refractivity contribution in [1.29, 1.82) is 0 Å². The molecule has 1 saturated heterocycles. The number of aliphatic hydroxyl groups is 1. The minimum absolute atomic E-state index is 0.0724. The van der Waals surface area contributed by atoms with Crippen LogP contribution < -0.4 is 15.8 Å². The topological polar surface area (TPSA) is 122 Å². The molecule has 0 radical (unpaired) electrons. The maximum absolute atomic E-state index is 13.5. The van der Waals surface area contributed by atoms with E-state index in [4.69, 9.17) is 15.2 Å². The number of carbonyl (C=O) groups excluding carboxylic acids is 1. The number of amides is 1. The molecule has 1 saturated carbocycles. The Labute approximate surface area is 331 Å². The van der Waals surface area contributed by atoms with Crippen molar-refractivity contribution in [1.82, 2.24) is 14.8 Å².